The Bertz CT molecular complexity index is 279. The van der Waals surface area contributed by atoms with Crippen molar-refractivity contribution < 1.29 is 5.11 Å². The molecule has 2 aliphatic rings. The number of likely N-dealkylation sites (tertiary alicyclic amines) is 1. The second-order valence-corrected chi connectivity index (χ2v) is 6.32. The maximum atomic E-state index is 9.49. The van der Waals surface area contributed by atoms with Gasteiger partial charge in [0.2, 0.25) is 0 Å². The lowest BCUT2D eigenvalue weighted by Gasteiger charge is -2.32. The van der Waals surface area contributed by atoms with Crippen molar-refractivity contribution in [2.75, 3.05) is 19.7 Å². The Labute approximate surface area is 109 Å². The van der Waals surface area contributed by atoms with Crippen molar-refractivity contribution in [3.8, 4) is 0 Å². The van der Waals surface area contributed by atoms with Gasteiger partial charge in [-0.1, -0.05) is 25.1 Å². The molecule has 1 aliphatic heterocycles. The minimum Gasteiger partial charge on any atom is -0.395 e. The maximum absolute atomic E-state index is 9.49. The normalized spacial score (nSPS) is 28.6. The van der Waals surface area contributed by atoms with Crippen LogP contribution in [-0.2, 0) is 0 Å². The minimum absolute atomic E-state index is 0.295. The summed E-state index contributed by atoms with van der Waals surface area (Å²) in [4.78, 5) is 3.14. The molecule has 1 atom stereocenters. The van der Waals surface area contributed by atoms with Gasteiger partial charge in [-0.3, -0.25) is 4.90 Å². The molecule has 2 fully saturated rings. The maximum Gasteiger partial charge on any atom is 0.0733 e. The van der Waals surface area contributed by atoms with Crippen LogP contribution < -0.4 is 5.73 Å². The van der Waals surface area contributed by atoms with Crippen molar-refractivity contribution in [2.24, 2.45) is 11.1 Å². The van der Waals surface area contributed by atoms with E-state index in [0.29, 0.717) is 23.1 Å². The van der Waals surface area contributed by atoms with Gasteiger partial charge in [0.25, 0.3) is 0 Å². The van der Waals surface area contributed by atoms with E-state index in [0.717, 1.165) is 25.9 Å². The Kier molecular flexibility index (Phi) is 4.39. The van der Waals surface area contributed by atoms with Gasteiger partial charge in [0, 0.05) is 19.0 Å². The molecule has 0 radical (unpaired) electrons. The lowest BCUT2D eigenvalue weighted by molar-refractivity contribution is 0.105. The van der Waals surface area contributed by atoms with Gasteiger partial charge < -0.3 is 10.8 Å². The Balaban J connectivity index is 1.93. The predicted octanol–water partition coefficient (Wildman–Crippen LogP) is 1.68. The van der Waals surface area contributed by atoms with Gasteiger partial charge in [-0.15, -0.1) is 0 Å². The zero-order chi connectivity index (χ0) is 12.3. The molecule has 1 aliphatic carbocycles. The number of rotatable bonds is 5. The predicted molar refractivity (Wildman–Crippen MR) is 74.0 cm³/mol. The lowest BCUT2D eigenvalue weighted by atomic mass is 10.0. The topological polar surface area (TPSA) is 49.5 Å². The van der Waals surface area contributed by atoms with Crippen LogP contribution in [0.1, 0.15) is 44.9 Å². The first-order valence-electron chi connectivity index (χ1n) is 6.78. The molecular formula is C13H24N2OS. The summed E-state index contributed by atoms with van der Waals surface area (Å²) in [6, 6.07) is 0.362. The van der Waals surface area contributed by atoms with E-state index in [1.165, 1.54) is 32.1 Å². The van der Waals surface area contributed by atoms with E-state index in [4.69, 9.17) is 18.0 Å². The van der Waals surface area contributed by atoms with Crippen LogP contribution in [0.25, 0.3) is 0 Å². The van der Waals surface area contributed by atoms with Crippen molar-refractivity contribution >= 4 is 17.2 Å². The van der Waals surface area contributed by atoms with E-state index < -0.39 is 0 Å². The molecule has 0 bridgehead atoms. The van der Waals surface area contributed by atoms with Crippen molar-refractivity contribution in [3.63, 3.8) is 0 Å². The molecule has 0 aromatic carbocycles. The van der Waals surface area contributed by atoms with Gasteiger partial charge in [-0.2, -0.15) is 0 Å². The number of nitrogens with two attached hydrogens (primary N) is 1. The molecule has 1 saturated carbocycles. The number of hydrogen-bond acceptors (Lipinski definition) is 3. The lowest BCUT2D eigenvalue weighted by Crippen LogP contribution is -2.41. The molecule has 2 rings (SSSR count). The Hall–Kier alpha value is -0.190. The van der Waals surface area contributed by atoms with Crippen LogP contribution in [-0.4, -0.2) is 40.7 Å². The second-order valence-electron chi connectivity index (χ2n) is 5.80. The van der Waals surface area contributed by atoms with Crippen LogP contribution in [0.3, 0.4) is 0 Å². The van der Waals surface area contributed by atoms with E-state index in [9.17, 15) is 5.11 Å². The highest BCUT2D eigenvalue weighted by Crippen LogP contribution is 2.49. The average Bonchev–Trinajstić information content (AvgIpc) is 3.03. The largest absolute Gasteiger partial charge is 0.395 e. The third-order valence-electron chi connectivity index (χ3n) is 4.25. The van der Waals surface area contributed by atoms with E-state index in [1.807, 2.05) is 0 Å². The highest BCUT2D eigenvalue weighted by atomic mass is 32.1. The Morgan fingerprint density at radius 1 is 1.35 bits per heavy atom. The molecule has 3 nitrogen and oxygen atoms in total. The molecule has 4 heteroatoms. The van der Waals surface area contributed by atoms with Gasteiger partial charge in [-0.25, -0.2) is 0 Å². The van der Waals surface area contributed by atoms with Crippen LogP contribution in [0.5, 0.6) is 0 Å². The fourth-order valence-corrected chi connectivity index (χ4v) is 3.33. The summed E-state index contributed by atoms with van der Waals surface area (Å²) >= 11 is 5.05. The zero-order valence-electron chi connectivity index (χ0n) is 10.5. The first-order chi connectivity index (χ1) is 8.15. The summed E-state index contributed by atoms with van der Waals surface area (Å²) in [7, 11) is 0. The Morgan fingerprint density at radius 3 is 2.71 bits per heavy atom. The van der Waals surface area contributed by atoms with Gasteiger partial charge in [0.1, 0.15) is 0 Å². The van der Waals surface area contributed by atoms with Crippen LogP contribution in [0, 0.1) is 5.41 Å². The molecule has 0 spiro atoms. The summed E-state index contributed by atoms with van der Waals surface area (Å²) in [6.45, 7) is 2.50. The summed E-state index contributed by atoms with van der Waals surface area (Å²) in [5.74, 6) is 0. The molecule has 17 heavy (non-hydrogen) atoms. The summed E-state index contributed by atoms with van der Waals surface area (Å²) in [5, 5.41) is 9.49. The fraction of sp³-hybridized carbons (Fsp3) is 0.923. The minimum atomic E-state index is 0.295. The first-order valence-corrected chi connectivity index (χ1v) is 7.19. The molecule has 1 heterocycles. The first kappa shape index (κ1) is 13.2. The molecular weight excluding hydrogens is 232 g/mol. The highest BCUT2D eigenvalue weighted by molar-refractivity contribution is 7.80. The van der Waals surface area contributed by atoms with Crippen LogP contribution in [0.15, 0.2) is 0 Å². The summed E-state index contributed by atoms with van der Waals surface area (Å²) in [5.41, 5.74) is 6.04. The molecule has 1 saturated heterocycles. The smallest absolute Gasteiger partial charge is 0.0733 e. The Morgan fingerprint density at radius 2 is 2.12 bits per heavy atom. The molecule has 98 valence electrons. The molecule has 0 amide bonds. The fourth-order valence-electron chi connectivity index (χ4n) is 3.02. The second kappa shape index (κ2) is 5.63. The van der Waals surface area contributed by atoms with E-state index in [1.54, 1.807) is 0 Å². The van der Waals surface area contributed by atoms with E-state index >= 15 is 0 Å². The van der Waals surface area contributed by atoms with Crippen LogP contribution >= 0.6 is 12.2 Å². The third-order valence-corrected chi connectivity index (χ3v) is 4.40. The van der Waals surface area contributed by atoms with E-state index in [2.05, 4.69) is 4.90 Å². The van der Waals surface area contributed by atoms with Crippen molar-refractivity contribution in [1.82, 2.24) is 4.90 Å². The number of hydrogen-bond donors (Lipinski definition) is 2. The van der Waals surface area contributed by atoms with Crippen molar-refractivity contribution in [2.45, 2.75) is 51.0 Å². The standard InChI is InChI=1S/C13H24N2OS/c14-12(17)8-13(5-6-13)10-15-7-3-1-2-4-11(15)9-16/h11,16H,1-10H2,(H2,14,17). The number of nitrogens with zero attached hydrogens (tertiary/aromatic N) is 1. The number of aliphatic hydroxyl groups is 1. The van der Waals surface area contributed by atoms with Crippen molar-refractivity contribution in [3.05, 3.63) is 0 Å². The van der Waals surface area contributed by atoms with Gasteiger partial charge >= 0.3 is 0 Å². The quantitative estimate of drug-likeness (QED) is 0.735. The summed E-state index contributed by atoms with van der Waals surface area (Å²) < 4.78 is 0. The third kappa shape index (κ3) is 3.63. The van der Waals surface area contributed by atoms with Crippen LogP contribution in [0.2, 0.25) is 0 Å². The highest BCUT2D eigenvalue weighted by Gasteiger charge is 2.45. The molecule has 3 N–H and O–H groups in total. The zero-order valence-corrected chi connectivity index (χ0v) is 11.3. The van der Waals surface area contributed by atoms with Crippen molar-refractivity contribution in [1.29, 1.82) is 0 Å². The molecule has 1 unspecified atom stereocenters. The van der Waals surface area contributed by atoms with Gasteiger partial charge in [0.05, 0.1) is 11.6 Å². The average molecular weight is 256 g/mol. The van der Waals surface area contributed by atoms with Gasteiger partial charge in [0.15, 0.2) is 0 Å². The van der Waals surface area contributed by atoms with E-state index in [-0.39, 0.29) is 0 Å². The van der Waals surface area contributed by atoms with Crippen LogP contribution in [0.4, 0.5) is 0 Å². The SMILES string of the molecule is NC(=S)CC1(CN2CCCCCC2CO)CC1. The molecule has 0 aromatic heterocycles. The number of aliphatic hydroxyl groups excluding tert-OH is 1. The monoisotopic (exact) mass is 256 g/mol. The van der Waals surface area contributed by atoms with Gasteiger partial charge in [-0.05, 0) is 37.6 Å². The number of thiocarbonyl (C=S) groups is 1. The molecule has 0 aromatic rings. The summed E-state index contributed by atoms with van der Waals surface area (Å²) in [6.07, 6.45) is 8.34.